The maximum absolute atomic E-state index is 12.2. The Kier molecular flexibility index (Phi) is 5.36. The maximum Gasteiger partial charge on any atom is 0.410 e. The maximum atomic E-state index is 12.2. The minimum absolute atomic E-state index is 0.225. The lowest BCUT2D eigenvalue weighted by molar-refractivity contribution is 0.0869. The van der Waals surface area contributed by atoms with Crippen molar-refractivity contribution in [3.8, 4) is 5.75 Å². The molecule has 0 spiro atoms. The van der Waals surface area contributed by atoms with Gasteiger partial charge in [0.25, 0.3) is 0 Å². The summed E-state index contributed by atoms with van der Waals surface area (Å²) in [5, 5.41) is 0. The number of carbonyl (C=O) groups excluding carboxylic acids is 1. The van der Waals surface area contributed by atoms with Crippen molar-refractivity contribution in [2.24, 2.45) is 0 Å². The normalized spacial score (nSPS) is 15.1. The number of piperidine rings is 1. The highest BCUT2D eigenvalue weighted by Crippen LogP contribution is 2.34. The van der Waals surface area contributed by atoms with E-state index in [-0.39, 0.29) is 6.09 Å². The van der Waals surface area contributed by atoms with E-state index < -0.39 is 0 Å². The topological polar surface area (TPSA) is 38.8 Å². The van der Waals surface area contributed by atoms with Crippen LogP contribution in [0, 0.1) is 0 Å². The fourth-order valence-corrected chi connectivity index (χ4v) is 3.19. The number of ether oxygens (including phenoxy) is 2. The summed E-state index contributed by atoms with van der Waals surface area (Å²) in [5.41, 5.74) is 2.24. The lowest BCUT2D eigenvalue weighted by Crippen LogP contribution is -2.38. The number of carbonyl (C=O) groups is 1. The average Bonchev–Trinajstić information content (AvgIpc) is 2.67. The molecule has 4 nitrogen and oxygen atoms in total. The molecule has 0 aliphatic carbocycles. The fraction of sp³-hybridized carbons (Fsp3) is 0.350. The summed E-state index contributed by atoms with van der Waals surface area (Å²) < 4.78 is 10.9. The highest BCUT2D eigenvalue weighted by molar-refractivity contribution is 5.67. The Bertz CT molecular complexity index is 664. The van der Waals surface area contributed by atoms with Crippen LogP contribution in [0.4, 0.5) is 4.79 Å². The van der Waals surface area contributed by atoms with Gasteiger partial charge >= 0.3 is 6.09 Å². The van der Waals surface area contributed by atoms with Crippen molar-refractivity contribution in [1.82, 2.24) is 4.90 Å². The number of para-hydroxylation sites is 1. The van der Waals surface area contributed by atoms with Gasteiger partial charge in [0.15, 0.2) is 0 Å². The molecule has 0 N–H and O–H groups in total. The third-order valence-corrected chi connectivity index (χ3v) is 4.54. The number of hydrogen-bond acceptors (Lipinski definition) is 3. The van der Waals surface area contributed by atoms with Crippen LogP contribution in [0.25, 0.3) is 0 Å². The molecule has 1 fully saturated rings. The van der Waals surface area contributed by atoms with Gasteiger partial charge < -0.3 is 14.4 Å². The molecule has 24 heavy (non-hydrogen) atoms. The molecule has 1 saturated heterocycles. The number of hydrogen-bond donors (Lipinski definition) is 0. The quantitative estimate of drug-likeness (QED) is 0.845. The Hall–Kier alpha value is -2.49. The molecule has 0 radical (unpaired) electrons. The van der Waals surface area contributed by atoms with Gasteiger partial charge in [0.05, 0.1) is 7.11 Å². The number of amides is 1. The highest BCUT2D eigenvalue weighted by atomic mass is 16.6. The molecule has 0 atom stereocenters. The molecule has 1 heterocycles. The van der Waals surface area contributed by atoms with Gasteiger partial charge in [0, 0.05) is 13.1 Å². The van der Waals surface area contributed by atoms with Gasteiger partial charge in [-0.15, -0.1) is 0 Å². The van der Waals surface area contributed by atoms with E-state index in [4.69, 9.17) is 9.47 Å². The van der Waals surface area contributed by atoms with E-state index in [1.165, 1.54) is 5.56 Å². The predicted octanol–water partition coefficient (Wildman–Crippen LogP) is 4.21. The minimum Gasteiger partial charge on any atom is -0.496 e. The Balaban J connectivity index is 1.52. The van der Waals surface area contributed by atoms with Crippen molar-refractivity contribution in [2.45, 2.75) is 25.4 Å². The molecule has 2 aromatic rings. The van der Waals surface area contributed by atoms with Gasteiger partial charge in [0.2, 0.25) is 0 Å². The van der Waals surface area contributed by atoms with E-state index in [1.54, 1.807) is 12.0 Å². The van der Waals surface area contributed by atoms with Crippen LogP contribution >= 0.6 is 0 Å². The van der Waals surface area contributed by atoms with Crippen LogP contribution in [0.3, 0.4) is 0 Å². The first kappa shape index (κ1) is 16.4. The van der Waals surface area contributed by atoms with E-state index in [2.05, 4.69) is 6.07 Å². The van der Waals surface area contributed by atoms with Crippen LogP contribution in [-0.2, 0) is 11.3 Å². The molecule has 2 aromatic carbocycles. The number of rotatable bonds is 4. The predicted molar refractivity (Wildman–Crippen MR) is 93.2 cm³/mol. The summed E-state index contributed by atoms with van der Waals surface area (Å²) in [6.07, 6.45) is 1.64. The van der Waals surface area contributed by atoms with Gasteiger partial charge in [-0.05, 0) is 36.0 Å². The summed E-state index contributed by atoms with van der Waals surface area (Å²) in [6, 6.07) is 17.9. The summed E-state index contributed by atoms with van der Waals surface area (Å²) in [5.74, 6) is 1.36. The van der Waals surface area contributed by atoms with Crippen molar-refractivity contribution in [3.63, 3.8) is 0 Å². The molecule has 0 bridgehead atoms. The van der Waals surface area contributed by atoms with E-state index in [9.17, 15) is 4.79 Å². The Labute approximate surface area is 143 Å². The monoisotopic (exact) mass is 325 g/mol. The molecule has 126 valence electrons. The van der Waals surface area contributed by atoms with Crippen LogP contribution in [-0.4, -0.2) is 31.2 Å². The summed E-state index contributed by atoms with van der Waals surface area (Å²) in [6.45, 7) is 1.76. The average molecular weight is 325 g/mol. The molecule has 3 rings (SSSR count). The van der Waals surface area contributed by atoms with Crippen molar-refractivity contribution in [1.29, 1.82) is 0 Å². The SMILES string of the molecule is COc1ccccc1C1CCN(C(=O)OCc2ccccc2)CC1. The summed E-state index contributed by atoms with van der Waals surface area (Å²) in [7, 11) is 1.70. The zero-order valence-corrected chi connectivity index (χ0v) is 14.0. The molecule has 1 amide bonds. The molecule has 4 heteroatoms. The zero-order valence-electron chi connectivity index (χ0n) is 14.0. The lowest BCUT2D eigenvalue weighted by Gasteiger charge is -2.32. The van der Waals surface area contributed by atoms with Gasteiger partial charge in [-0.1, -0.05) is 48.5 Å². The Morgan fingerprint density at radius 3 is 2.42 bits per heavy atom. The number of benzene rings is 2. The Morgan fingerprint density at radius 2 is 1.71 bits per heavy atom. The van der Waals surface area contributed by atoms with Crippen LogP contribution in [0.1, 0.15) is 29.9 Å². The second-order valence-corrected chi connectivity index (χ2v) is 6.04. The molecule has 0 aromatic heterocycles. The van der Waals surface area contributed by atoms with Crippen molar-refractivity contribution in [3.05, 3.63) is 65.7 Å². The second kappa shape index (κ2) is 7.86. The smallest absolute Gasteiger partial charge is 0.410 e. The van der Waals surface area contributed by atoms with E-state index in [1.807, 2.05) is 48.5 Å². The first-order valence-electron chi connectivity index (χ1n) is 8.36. The van der Waals surface area contributed by atoms with E-state index >= 15 is 0 Å². The zero-order chi connectivity index (χ0) is 16.8. The number of likely N-dealkylation sites (tertiary alicyclic amines) is 1. The van der Waals surface area contributed by atoms with Crippen LogP contribution in [0.2, 0.25) is 0 Å². The van der Waals surface area contributed by atoms with E-state index in [0.717, 1.165) is 37.2 Å². The second-order valence-electron chi connectivity index (χ2n) is 6.04. The molecular weight excluding hydrogens is 302 g/mol. The lowest BCUT2D eigenvalue weighted by atomic mass is 9.89. The number of methoxy groups -OCH3 is 1. The third-order valence-electron chi connectivity index (χ3n) is 4.54. The van der Waals surface area contributed by atoms with Crippen LogP contribution < -0.4 is 4.74 Å². The molecule has 1 aliphatic rings. The molecule has 0 unspecified atom stereocenters. The summed E-state index contributed by atoms with van der Waals surface area (Å²) >= 11 is 0. The number of nitrogens with zero attached hydrogens (tertiary/aromatic N) is 1. The molecule has 0 saturated carbocycles. The Morgan fingerprint density at radius 1 is 1.04 bits per heavy atom. The van der Waals surface area contributed by atoms with Crippen LogP contribution in [0.5, 0.6) is 5.75 Å². The fourth-order valence-electron chi connectivity index (χ4n) is 3.19. The van der Waals surface area contributed by atoms with Crippen molar-refractivity contribution in [2.75, 3.05) is 20.2 Å². The minimum atomic E-state index is -0.225. The molecule has 1 aliphatic heterocycles. The van der Waals surface area contributed by atoms with Gasteiger partial charge in [-0.2, -0.15) is 0 Å². The first-order chi connectivity index (χ1) is 11.8. The van der Waals surface area contributed by atoms with Gasteiger partial charge in [0.1, 0.15) is 12.4 Å². The van der Waals surface area contributed by atoms with Crippen molar-refractivity contribution >= 4 is 6.09 Å². The van der Waals surface area contributed by atoms with Gasteiger partial charge in [-0.3, -0.25) is 0 Å². The third kappa shape index (κ3) is 3.88. The molecular formula is C20H23NO3. The van der Waals surface area contributed by atoms with E-state index in [0.29, 0.717) is 12.5 Å². The van der Waals surface area contributed by atoms with Gasteiger partial charge in [-0.25, -0.2) is 4.79 Å². The highest BCUT2D eigenvalue weighted by Gasteiger charge is 2.26. The summed E-state index contributed by atoms with van der Waals surface area (Å²) in [4.78, 5) is 14.0. The largest absolute Gasteiger partial charge is 0.496 e. The standard InChI is InChI=1S/C20H23NO3/c1-23-19-10-6-5-9-18(19)17-11-13-21(14-12-17)20(22)24-15-16-7-3-2-4-8-16/h2-10,17H,11-15H2,1H3. The van der Waals surface area contributed by atoms with Crippen molar-refractivity contribution < 1.29 is 14.3 Å². The first-order valence-corrected chi connectivity index (χ1v) is 8.36. The van der Waals surface area contributed by atoms with Crippen LogP contribution in [0.15, 0.2) is 54.6 Å².